The van der Waals surface area contributed by atoms with E-state index in [-0.39, 0.29) is 10.7 Å². The predicted molar refractivity (Wildman–Crippen MR) is 98.5 cm³/mol. The second-order valence-electron chi connectivity index (χ2n) is 5.16. The lowest BCUT2D eigenvalue weighted by Gasteiger charge is -2.10. The number of nitrogens with one attached hydrogen (secondary N) is 1. The molecule has 0 aliphatic carbocycles. The Labute approximate surface area is 158 Å². The number of hydrogen-bond donors (Lipinski definition) is 1. The van der Waals surface area contributed by atoms with Gasteiger partial charge in [0.1, 0.15) is 0 Å². The lowest BCUT2D eigenvalue weighted by atomic mass is 10.1. The van der Waals surface area contributed by atoms with Gasteiger partial charge in [0, 0.05) is 5.02 Å². The van der Waals surface area contributed by atoms with Crippen molar-refractivity contribution in [2.24, 2.45) is 0 Å². The fourth-order valence-corrected chi connectivity index (χ4v) is 3.08. The number of hydrogen-bond acceptors (Lipinski definition) is 6. The monoisotopic (exact) mass is 389 g/mol. The third kappa shape index (κ3) is 4.07. The van der Waals surface area contributed by atoms with E-state index in [1.54, 1.807) is 36.4 Å². The average molecular weight is 390 g/mol. The highest BCUT2D eigenvalue weighted by Crippen LogP contribution is 2.32. The molecule has 6 nitrogen and oxygen atoms in total. The first-order chi connectivity index (χ1) is 12.5. The second-order valence-corrected chi connectivity index (χ2v) is 6.61. The first-order valence-corrected chi connectivity index (χ1v) is 8.56. The number of carbonyl (C=O) groups is 3. The number of imide groups is 1. The minimum atomic E-state index is -0.598. The molecule has 1 aliphatic heterocycles. The van der Waals surface area contributed by atoms with Crippen LogP contribution in [0.1, 0.15) is 15.9 Å². The van der Waals surface area contributed by atoms with Gasteiger partial charge in [0.2, 0.25) is 0 Å². The predicted octanol–water partition coefficient (Wildman–Crippen LogP) is 3.89. The van der Waals surface area contributed by atoms with Crippen LogP contribution in [0.4, 0.5) is 4.79 Å². The van der Waals surface area contributed by atoms with E-state index in [0.29, 0.717) is 21.9 Å². The van der Waals surface area contributed by atoms with Crippen molar-refractivity contribution in [3.63, 3.8) is 0 Å². The van der Waals surface area contributed by atoms with Crippen molar-refractivity contribution in [1.82, 2.24) is 5.32 Å². The molecule has 2 aromatic rings. The fourth-order valence-electron chi connectivity index (χ4n) is 2.21. The van der Waals surface area contributed by atoms with Crippen LogP contribution in [0.2, 0.25) is 5.02 Å². The summed E-state index contributed by atoms with van der Waals surface area (Å²) in [5.74, 6) is -0.532. The number of amides is 2. The minimum absolute atomic E-state index is 0.182. The molecule has 0 spiro atoms. The number of ether oxygens (including phenoxy) is 2. The Morgan fingerprint density at radius 2 is 1.96 bits per heavy atom. The number of halogens is 1. The number of esters is 1. The number of thioether (sulfide) groups is 1. The Balaban J connectivity index is 1.88. The van der Waals surface area contributed by atoms with Crippen LogP contribution in [0.15, 0.2) is 47.4 Å². The minimum Gasteiger partial charge on any atom is -0.493 e. The molecule has 0 unspecified atom stereocenters. The van der Waals surface area contributed by atoms with E-state index < -0.39 is 17.1 Å². The van der Waals surface area contributed by atoms with E-state index in [1.165, 1.54) is 19.3 Å². The maximum absolute atomic E-state index is 12.3. The van der Waals surface area contributed by atoms with E-state index >= 15 is 0 Å². The van der Waals surface area contributed by atoms with Crippen molar-refractivity contribution in [1.29, 1.82) is 0 Å². The second kappa shape index (κ2) is 7.63. The first-order valence-electron chi connectivity index (χ1n) is 7.37. The molecular weight excluding hydrogens is 378 g/mol. The average Bonchev–Trinajstić information content (AvgIpc) is 2.92. The number of rotatable bonds is 4. The van der Waals surface area contributed by atoms with E-state index in [1.807, 2.05) is 0 Å². The SMILES string of the molecule is COc1ccc(/C=C2\SC(=O)NC2=O)cc1OC(=O)c1cccc(Cl)c1. The maximum atomic E-state index is 12.3. The van der Waals surface area contributed by atoms with Gasteiger partial charge in [-0.25, -0.2) is 4.79 Å². The third-order valence-electron chi connectivity index (χ3n) is 3.39. The summed E-state index contributed by atoms with van der Waals surface area (Å²) in [7, 11) is 1.45. The van der Waals surface area contributed by atoms with Crippen LogP contribution in [-0.4, -0.2) is 24.2 Å². The molecule has 2 amide bonds. The highest BCUT2D eigenvalue weighted by atomic mass is 35.5. The van der Waals surface area contributed by atoms with Crippen LogP contribution in [0.3, 0.4) is 0 Å². The molecule has 0 atom stereocenters. The van der Waals surface area contributed by atoms with Gasteiger partial charge >= 0.3 is 5.97 Å². The van der Waals surface area contributed by atoms with Crippen LogP contribution in [-0.2, 0) is 4.79 Å². The maximum Gasteiger partial charge on any atom is 0.343 e. The van der Waals surface area contributed by atoms with Gasteiger partial charge in [-0.15, -0.1) is 0 Å². The van der Waals surface area contributed by atoms with Crippen LogP contribution < -0.4 is 14.8 Å². The topological polar surface area (TPSA) is 81.7 Å². The van der Waals surface area contributed by atoms with Crippen molar-refractivity contribution in [2.75, 3.05) is 7.11 Å². The Hall–Kier alpha value is -2.77. The number of carbonyl (C=O) groups excluding carboxylic acids is 3. The quantitative estimate of drug-likeness (QED) is 0.485. The van der Waals surface area contributed by atoms with E-state index in [2.05, 4.69) is 5.32 Å². The summed E-state index contributed by atoms with van der Waals surface area (Å²) in [5.41, 5.74) is 0.867. The highest BCUT2D eigenvalue weighted by molar-refractivity contribution is 8.18. The Bertz CT molecular complexity index is 941. The van der Waals surface area contributed by atoms with Crippen LogP contribution >= 0.6 is 23.4 Å². The van der Waals surface area contributed by atoms with Crippen molar-refractivity contribution in [3.8, 4) is 11.5 Å². The Morgan fingerprint density at radius 1 is 1.15 bits per heavy atom. The fraction of sp³-hybridized carbons (Fsp3) is 0.0556. The Kier molecular flexibility index (Phi) is 5.29. The molecular formula is C18H12ClNO5S. The first kappa shape index (κ1) is 18.0. The lowest BCUT2D eigenvalue weighted by Crippen LogP contribution is -2.17. The van der Waals surface area contributed by atoms with E-state index in [4.69, 9.17) is 21.1 Å². The molecule has 1 N–H and O–H groups in total. The molecule has 1 fully saturated rings. The molecule has 0 aromatic heterocycles. The van der Waals surface area contributed by atoms with Crippen LogP contribution in [0.5, 0.6) is 11.5 Å². The number of methoxy groups -OCH3 is 1. The van der Waals surface area contributed by atoms with Gasteiger partial charge in [0.25, 0.3) is 11.1 Å². The number of benzene rings is 2. The molecule has 3 rings (SSSR count). The molecule has 1 saturated heterocycles. The lowest BCUT2D eigenvalue weighted by molar-refractivity contribution is -0.115. The molecule has 0 saturated carbocycles. The molecule has 132 valence electrons. The standard InChI is InChI=1S/C18H12ClNO5S/c1-24-13-6-5-10(8-15-16(21)20-18(23)26-15)7-14(13)25-17(22)11-3-2-4-12(19)9-11/h2-9H,1H3,(H,20,21,23)/b15-8-. The van der Waals surface area contributed by atoms with Crippen molar-refractivity contribution < 1.29 is 23.9 Å². The summed E-state index contributed by atoms with van der Waals surface area (Å²) in [5, 5.41) is 2.16. The van der Waals surface area contributed by atoms with Crippen LogP contribution in [0.25, 0.3) is 6.08 Å². The van der Waals surface area contributed by atoms with Gasteiger partial charge in [-0.3, -0.25) is 14.9 Å². The summed E-state index contributed by atoms with van der Waals surface area (Å²) in [4.78, 5) is 35.5. The van der Waals surface area contributed by atoms with Gasteiger partial charge in [-0.05, 0) is 53.7 Å². The zero-order valence-electron chi connectivity index (χ0n) is 13.4. The Morgan fingerprint density at radius 3 is 2.62 bits per heavy atom. The van der Waals surface area contributed by atoms with Crippen molar-refractivity contribution >= 4 is 46.6 Å². The van der Waals surface area contributed by atoms with Crippen molar-refractivity contribution in [2.45, 2.75) is 0 Å². The van der Waals surface area contributed by atoms with Gasteiger partial charge in [0.05, 0.1) is 17.6 Å². The summed E-state index contributed by atoms with van der Waals surface area (Å²) in [6.07, 6.45) is 1.53. The molecule has 0 bridgehead atoms. The molecule has 1 heterocycles. The smallest absolute Gasteiger partial charge is 0.343 e. The van der Waals surface area contributed by atoms with Gasteiger partial charge in [-0.1, -0.05) is 23.7 Å². The van der Waals surface area contributed by atoms with Crippen molar-refractivity contribution in [3.05, 3.63) is 63.5 Å². The molecule has 26 heavy (non-hydrogen) atoms. The summed E-state index contributed by atoms with van der Waals surface area (Å²) < 4.78 is 10.6. The van der Waals surface area contributed by atoms with E-state index in [9.17, 15) is 14.4 Å². The molecule has 0 radical (unpaired) electrons. The van der Waals surface area contributed by atoms with E-state index in [0.717, 1.165) is 11.8 Å². The zero-order valence-corrected chi connectivity index (χ0v) is 15.0. The molecule has 1 aliphatic rings. The van der Waals surface area contributed by atoms with Gasteiger partial charge < -0.3 is 9.47 Å². The van der Waals surface area contributed by atoms with Crippen LogP contribution in [0, 0.1) is 0 Å². The normalized spacial score (nSPS) is 15.1. The molecule has 8 heteroatoms. The summed E-state index contributed by atoms with van der Waals surface area (Å²) in [6, 6.07) is 11.2. The highest BCUT2D eigenvalue weighted by Gasteiger charge is 2.25. The largest absolute Gasteiger partial charge is 0.493 e. The van der Waals surface area contributed by atoms with Gasteiger partial charge in [0.15, 0.2) is 11.5 Å². The third-order valence-corrected chi connectivity index (χ3v) is 4.44. The molecule has 2 aromatic carbocycles. The zero-order chi connectivity index (χ0) is 18.7. The summed E-state index contributed by atoms with van der Waals surface area (Å²) >= 11 is 6.69. The van der Waals surface area contributed by atoms with Gasteiger partial charge in [-0.2, -0.15) is 0 Å². The summed E-state index contributed by atoms with van der Waals surface area (Å²) in [6.45, 7) is 0.